The lowest BCUT2D eigenvalue weighted by molar-refractivity contribution is -0.143. The van der Waals surface area contributed by atoms with Crippen LogP contribution in [0.5, 0.6) is 5.75 Å². The molecule has 124 valence electrons. The molecule has 8 heteroatoms. The van der Waals surface area contributed by atoms with Gasteiger partial charge in [-0.05, 0) is 24.1 Å². The van der Waals surface area contributed by atoms with E-state index < -0.39 is 22.0 Å². The van der Waals surface area contributed by atoms with E-state index in [1.165, 1.54) is 26.4 Å². The normalized spacial score (nSPS) is 14.2. The van der Waals surface area contributed by atoms with Gasteiger partial charge in [0.15, 0.2) is 0 Å². The molecule has 2 atom stereocenters. The Balaban J connectivity index is 3.23. The molecule has 0 aromatic heterocycles. The molecule has 6 nitrogen and oxygen atoms in total. The van der Waals surface area contributed by atoms with Crippen LogP contribution in [0.4, 0.5) is 0 Å². The minimum absolute atomic E-state index is 0.0402. The summed E-state index contributed by atoms with van der Waals surface area (Å²) in [6.07, 6.45) is 0.623. The number of esters is 1. The predicted molar refractivity (Wildman–Crippen MR) is 86.3 cm³/mol. The number of ether oxygens (including phenoxy) is 2. The van der Waals surface area contributed by atoms with Crippen LogP contribution in [-0.2, 0) is 19.6 Å². The van der Waals surface area contributed by atoms with Crippen molar-refractivity contribution < 1.29 is 22.7 Å². The Hall–Kier alpha value is -1.12. The van der Waals surface area contributed by atoms with Gasteiger partial charge in [-0.1, -0.05) is 36.2 Å². The second-order valence-corrected chi connectivity index (χ2v) is 7.40. The maximum atomic E-state index is 12.6. The Kier molecular flexibility index (Phi) is 6.83. The SMILES string of the molecule is CC[C@@H](C)[C@@H](NS(=O)(=O)c1cc(Br)ccc1OC)C(=O)OC. The molecular weight excluding hydrogens is 374 g/mol. The second kappa shape index (κ2) is 7.94. The quantitative estimate of drug-likeness (QED) is 0.718. The number of carbonyl (C=O) groups is 1. The van der Waals surface area contributed by atoms with Gasteiger partial charge in [-0.15, -0.1) is 0 Å². The molecule has 1 N–H and O–H groups in total. The van der Waals surface area contributed by atoms with Gasteiger partial charge in [-0.2, -0.15) is 4.72 Å². The van der Waals surface area contributed by atoms with E-state index in [-0.39, 0.29) is 16.6 Å². The van der Waals surface area contributed by atoms with Crippen molar-refractivity contribution in [2.24, 2.45) is 5.92 Å². The van der Waals surface area contributed by atoms with Crippen LogP contribution in [-0.4, -0.2) is 34.6 Å². The average molecular weight is 394 g/mol. The first-order valence-electron chi connectivity index (χ1n) is 6.70. The Bertz CT molecular complexity index is 632. The van der Waals surface area contributed by atoms with Crippen LogP contribution in [0.1, 0.15) is 20.3 Å². The number of benzene rings is 1. The van der Waals surface area contributed by atoms with Crippen LogP contribution in [0.15, 0.2) is 27.6 Å². The molecule has 0 aliphatic rings. The minimum atomic E-state index is -3.94. The molecule has 0 saturated carbocycles. The molecule has 0 saturated heterocycles. The summed E-state index contributed by atoms with van der Waals surface area (Å²) in [6.45, 7) is 3.65. The highest BCUT2D eigenvalue weighted by Gasteiger charge is 2.31. The molecule has 0 spiro atoms. The van der Waals surface area contributed by atoms with Crippen LogP contribution in [0.2, 0.25) is 0 Å². The Labute approximate surface area is 139 Å². The van der Waals surface area contributed by atoms with Crippen molar-refractivity contribution in [3.05, 3.63) is 22.7 Å². The summed E-state index contributed by atoms with van der Waals surface area (Å²) in [4.78, 5) is 11.8. The second-order valence-electron chi connectivity index (χ2n) is 4.80. The Morgan fingerprint density at radius 1 is 1.36 bits per heavy atom. The number of halogens is 1. The molecule has 1 rings (SSSR count). The first-order chi connectivity index (χ1) is 10.3. The highest BCUT2D eigenvalue weighted by molar-refractivity contribution is 9.10. The van der Waals surface area contributed by atoms with Crippen molar-refractivity contribution >= 4 is 31.9 Å². The average Bonchev–Trinajstić information content (AvgIpc) is 2.51. The van der Waals surface area contributed by atoms with Gasteiger partial charge in [0.2, 0.25) is 10.0 Å². The van der Waals surface area contributed by atoms with Crippen LogP contribution < -0.4 is 9.46 Å². The summed E-state index contributed by atoms with van der Waals surface area (Å²) in [5.74, 6) is -0.629. The molecule has 0 radical (unpaired) electrons. The van der Waals surface area contributed by atoms with Gasteiger partial charge in [0.25, 0.3) is 0 Å². The zero-order chi connectivity index (χ0) is 16.9. The maximum absolute atomic E-state index is 12.6. The fraction of sp³-hybridized carbons (Fsp3) is 0.500. The first kappa shape index (κ1) is 18.9. The molecule has 1 aromatic rings. The lowest BCUT2D eigenvalue weighted by atomic mass is 10.0. The third-order valence-corrected chi connectivity index (χ3v) is 5.32. The van der Waals surface area contributed by atoms with Gasteiger partial charge in [0, 0.05) is 4.47 Å². The van der Waals surface area contributed by atoms with E-state index in [4.69, 9.17) is 9.47 Å². The summed E-state index contributed by atoms with van der Waals surface area (Å²) in [7, 11) is -1.33. The lowest BCUT2D eigenvalue weighted by Crippen LogP contribution is -2.45. The largest absolute Gasteiger partial charge is 0.495 e. The number of rotatable bonds is 7. The smallest absolute Gasteiger partial charge is 0.324 e. The summed E-state index contributed by atoms with van der Waals surface area (Å²) in [6, 6.07) is 3.68. The highest BCUT2D eigenvalue weighted by Crippen LogP contribution is 2.28. The number of hydrogen-bond donors (Lipinski definition) is 1. The van der Waals surface area contributed by atoms with Gasteiger partial charge in [0.05, 0.1) is 14.2 Å². The van der Waals surface area contributed by atoms with E-state index in [0.717, 1.165) is 0 Å². The van der Waals surface area contributed by atoms with E-state index in [2.05, 4.69) is 20.7 Å². The monoisotopic (exact) mass is 393 g/mol. The van der Waals surface area contributed by atoms with Crippen molar-refractivity contribution in [1.82, 2.24) is 4.72 Å². The Morgan fingerprint density at radius 2 is 2.00 bits per heavy atom. The van der Waals surface area contributed by atoms with Crippen LogP contribution in [0.25, 0.3) is 0 Å². The molecular formula is C14H20BrNO5S. The summed E-state index contributed by atoms with van der Waals surface area (Å²) >= 11 is 3.23. The highest BCUT2D eigenvalue weighted by atomic mass is 79.9. The third-order valence-electron chi connectivity index (χ3n) is 3.37. The Morgan fingerprint density at radius 3 is 2.50 bits per heavy atom. The van der Waals surface area contributed by atoms with Crippen molar-refractivity contribution in [3.63, 3.8) is 0 Å². The fourth-order valence-electron chi connectivity index (χ4n) is 1.85. The van der Waals surface area contributed by atoms with Gasteiger partial charge in [0.1, 0.15) is 16.7 Å². The number of hydrogen-bond acceptors (Lipinski definition) is 5. The predicted octanol–water partition coefficient (Wildman–Crippen LogP) is 2.32. The minimum Gasteiger partial charge on any atom is -0.495 e. The zero-order valence-electron chi connectivity index (χ0n) is 12.9. The number of carbonyl (C=O) groups excluding carboxylic acids is 1. The van der Waals surface area contributed by atoms with E-state index in [9.17, 15) is 13.2 Å². The van der Waals surface area contributed by atoms with E-state index in [1.54, 1.807) is 13.0 Å². The lowest BCUT2D eigenvalue weighted by Gasteiger charge is -2.22. The summed E-state index contributed by atoms with van der Waals surface area (Å²) in [5.41, 5.74) is 0. The van der Waals surface area contributed by atoms with E-state index in [0.29, 0.717) is 10.9 Å². The fourth-order valence-corrected chi connectivity index (χ4v) is 3.85. The van der Waals surface area contributed by atoms with Crippen LogP contribution >= 0.6 is 15.9 Å². The molecule has 0 aliphatic carbocycles. The van der Waals surface area contributed by atoms with Crippen LogP contribution in [0, 0.1) is 5.92 Å². The molecule has 22 heavy (non-hydrogen) atoms. The standard InChI is InChI=1S/C14H20BrNO5S/c1-5-9(2)13(14(17)21-4)16-22(18,19)12-8-10(15)6-7-11(12)20-3/h6-9,13,16H,5H2,1-4H3/t9-,13-/m1/s1. The zero-order valence-corrected chi connectivity index (χ0v) is 15.3. The molecule has 0 unspecified atom stereocenters. The van der Waals surface area contributed by atoms with Crippen LogP contribution in [0.3, 0.4) is 0 Å². The molecule has 0 amide bonds. The van der Waals surface area contributed by atoms with Gasteiger partial charge >= 0.3 is 5.97 Å². The molecule has 1 aromatic carbocycles. The van der Waals surface area contributed by atoms with Gasteiger partial charge < -0.3 is 9.47 Å². The van der Waals surface area contributed by atoms with Crippen molar-refractivity contribution in [3.8, 4) is 5.75 Å². The maximum Gasteiger partial charge on any atom is 0.324 e. The first-order valence-corrected chi connectivity index (χ1v) is 8.98. The number of methoxy groups -OCH3 is 2. The topological polar surface area (TPSA) is 81.7 Å². The summed E-state index contributed by atoms with van der Waals surface area (Å²) in [5, 5.41) is 0. The van der Waals surface area contributed by atoms with E-state index in [1.807, 2.05) is 6.92 Å². The van der Waals surface area contributed by atoms with E-state index >= 15 is 0 Å². The molecule has 0 aliphatic heterocycles. The van der Waals surface area contributed by atoms with Crippen molar-refractivity contribution in [1.29, 1.82) is 0 Å². The molecule has 0 heterocycles. The summed E-state index contributed by atoms with van der Waals surface area (Å²) < 4.78 is 38.0. The van der Waals surface area contributed by atoms with Crippen molar-refractivity contribution in [2.45, 2.75) is 31.2 Å². The van der Waals surface area contributed by atoms with Gasteiger partial charge in [-0.3, -0.25) is 4.79 Å². The number of nitrogens with one attached hydrogen (secondary N) is 1. The third kappa shape index (κ3) is 4.44. The van der Waals surface area contributed by atoms with Crippen molar-refractivity contribution in [2.75, 3.05) is 14.2 Å². The molecule has 0 fully saturated rings. The molecule has 0 bridgehead atoms. The number of sulfonamides is 1. The van der Waals surface area contributed by atoms with Gasteiger partial charge in [-0.25, -0.2) is 8.42 Å².